The number of nitro benzene ring substituents is 1. The van der Waals surface area contributed by atoms with Gasteiger partial charge >= 0.3 is 0 Å². The summed E-state index contributed by atoms with van der Waals surface area (Å²) < 4.78 is 11.6. The fourth-order valence-electron chi connectivity index (χ4n) is 1.99. The second kappa shape index (κ2) is 8.30. The summed E-state index contributed by atoms with van der Waals surface area (Å²) in [5, 5.41) is 14.8. The smallest absolute Gasteiger partial charge is 0.271 e. The van der Waals surface area contributed by atoms with Gasteiger partial charge in [-0.05, 0) is 46.6 Å². The van der Waals surface area contributed by atoms with Crippen molar-refractivity contribution in [1.29, 1.82) is 0 Å². The van der Waals surface area contributed by atoms with E-state index in [0.717, 1.165) is 10.0 Å². The van der Waals surface area contributed by atoms with Gasteiger partial charge in [0.2, 0.25) is 0 Å². The first-order valence-electron chi connectivity index (χ1n) is 7.09. The van der Waals surface area contributed by atoms with E-state index in [1.165, 1.54) is 12.1 Å². The molecule has 126 valence electrons. The van der Waals surface area contributed by atoms with E-state index in [4.69, 9.17) is 9.47 Å². The molecule has 0 aliphatic heterocycles. The average Bonchev–Trinajstić information content (AvgIpc) is 2.55. The standard InChI is InChI=1S/C16H16BrN3O4/c1-3-24-15-8-11(7-14(17)16(15)23-2)10-18-19-12-5-4-6-13(9-12)20(21)22/h4-10,19H,3H2,1-2H3/b18-10-. The lowest BCUT2D eigenvalue weighted by Gasteiger charge is -2.11. The maximum atomic E-state index is 10.8. The van der Waals surface area contributed by atoms with Crippen molar-refractivity contribution in [3.8, 4) is 11.5 Å². The van der Waals surface area contributed by atoms with Crippen LogP contribution < -0.4 is 14.9 Å². The number of hydrogen-bond acceptors (Lipinski definition) is 6. The lowest BCUT2D eigenvalue weighted by atomic mass is 10.2. The van der Waals surface area contributed by atoms with Crippen molar-refractivity contribution in [1.82, 2.24) is 0 Å². The van der Waals surface area contributed by atoms with Gasteiger partial charge in [-0.1, -0.05) is 6.07 Å². The minimum atomic E-state index is -0.455. The molecule has 7 nitrogen and oxygen atoms in total. The molecule has 0 unspecified atom stereocenters. The van der Waals surface area contributed by atoms with Crippen LogP contribution in [-0.2, 0) is 0 Å². The Labute approximate surface area is 147 Å². The van der Waals surface area contributed by atoms with Gasteiger partial charge in [0, 0.05) is 12.1 Å². The van der Waals surface area contributed by atoms with Crippen LogP contribution in [0.25, 0.3) is 0 Å². The van der Waals surface area contributed by atoms with Crippen molar-refractivity contribution in [2.45, 2.75) is 6.92 Å². The summed E-state index contributed by atoms with van der Waals surface area (Å²) in [7, 11) is 1.57. The zero-order valence-electron chi connectivity index (χ0n) is 13.2. The number of nitro groups is 1. The first-order valence-corrected chi connectivity index (χ1v) is 7.88. The molecule has 0 spiro atoms. The zero-order valence-corrected chi connectivity index (χ0v) is 14.7. The SMILES string of the molecule is CCOc1cc(/C=N\Nc2cccc([N+](=O)[O-])c2)cc(Br)c1OC. The zero-order chi connectivity index (χ0) is 17.5. The Morgan fingerprint density at radius 3 is 2.83 bits per heavy atom. The fourth-order valence-corrected chi connectivity index (χ4v) is 2.62. The molecule has 0 saturated carbocycles. The molecule has 0 saturated heterocycles. The van der Waals surface area contributed by atoms with Crippen LogP contribution in [0.4, 0.5) is 11.4 Å². The molecule has 0 fully saturated rings. The first kappa shape index (κ1) is 17.7. The highest BCUT2D eigenvalue weighted by molar-refractivity contribution is 9.10. The van der Waals surface area contributed by atoms with Crippen LogP contribution in [0.3, 0.4) is 0 Å². The molecule has 0 atom stereocenters. The topological polar surface area (TPSA) is 86.0 Å². The molecular formula is C16H16BrN3O4. The highest BCUT2D eigenvalue weighted by atomic mass is 79.9. The van der Waals surface area contributed by atoms with E-state index < -0.39 is 4.92 Å². The second-order valence-electron chi connectivity index (χ2n) is 4.64. The van der Waals surface area contributed by atoms with Crippen molar-refractivity contribution in [2.24, 2.45) is 5.10 Å². The number of rotatable bonds is 7. The summed E-state index contributed by atoms with van der Waals surface area (Å²) in [6.07, 6.45) is 1.59. The first-order chi connectivity index (χ1) is 11.5. The van der Waals surface area contributed by atoms with Crippen LogP contribution in [-0.4, -0.2) is 24.9 Å². The van der Waals surface area contributed by atoms with E-state index in [9.17, 15) is 10.1 Å². The lowest BCUT2D eigenvalue weighted by Crippen LogP contribution is -1.98. The van der Waals surface area contributed by atoms with E-state index in [0.29, 0.717) is 23.8 Å². The summed E-state index contributed by atoms with van der Waals surface area (Å²) in [5.41, 5.74) is 4.07. The van der Waals surface area contributed by atoms with Crippen molar-refractivity contribution in [2.75, 3.05) is 19.1 Å². The Kier molecular flexibility index (Phi) is 6.14. The number of benzene rings is 2. The molecule has 0 amide bonds. The number of nitrogens with one attached hydrogen (secondary N) is 1. The molecule has 1 N–H and O–H groups in total. The minimum absolute atomic E-state index is 0.000948. The van der Waals surface area contributed by atoms with E-state index >= 15 is 0 Å². The van der Waals surface area contributed by atoms with Crippen LogP contribution in [0.1, 0.15) is 12.5 Å². The average molecular weight is 394 g/mol. The Morgan fingerprint density at radius 1 is 1.38 bits per heavy atom. The second-order valence-corrected chi connectivity index (χ2v) is 5.50. The van der Waals surface area contributed by atoms with Crippen LogP contribution in [0, 0.1) is 10.1 Å². The molecule has 2 aromatic rings. The Morgan fingerprint density at radius 2 is 2.17 bits per heavy atom. The number of ether oxygens (including phenoxy) is 2. The monoisotopic (exact) mass is 393 g/mol. The van der Waals surface area contributed by atoms with E-state index in [-0.39, 0.29) is 5.69 Å². The third-order valence-corrected chi connectivity index (χ3v) is 3.59. The Balaban J connectivity index is 2.17. The number of hydrogen-bond donors (Lipinski definition) is 1. The van der Waals surface area contributed by atoms with E-state index in [1.54, 1.807) is 31.5 Å². The summed E-state index contributed by atoms with van der Waals surface area (Å²) in [4.78, 5) is 10.3. The molecule has 2 aromatic carbocycles. The van der Waals surface area contributed by atoms with Gasteiger partial charge in [0.15, 0.2) is 11.5 Å². The number of anilines is 1. The number of hydrazone groups is 1. The molecule has 8 heteroatoms. The van der Waals surface area contributed by atoms with Gasteiger partial charge in [0.1, 0.15) is 0 Å². The maximum Gasteiger partial charge on any atom is 0.271 e. The molecular weight excluding hydrogens is 378 g/mol. The number of halogens is 1. The van der Waals surface area contributed by atoms with Gasteiger partial charge in [0.05, 0.1) is 35.0 Å². The molecule has 2 rings (SSSR count). The van der Waals surface area contributed by atoms with Crippen LogP contribution in [0.15, 0.2) is 46.0 Å². The van der Waals surface area contributed by atoms with Gasteiger partial charge in [-0.3, -0.25) is 15.5 Å². The summed E-state index contributed by atoms with van der Waals surface area (Å²) >= 11 is 3.43. The highest BCUT2D eigenvalue weighted by Crippen LogP contribution is 2.36. The van der Waals surface area contributed by atoms with Crippen molar-refractivity contribution in [3.63, 3.8) is 0 Å². The minimum Gasteiger partial charge on any atom is -0.492 e. The van der Waals surface area contributed by atoms with Crippen molar-refractivity contribution in [3.05, 3.63) is 56.5 Å². The molecule has 0 aliphatic carbocycles. The van der Waals surface area contributed by atoms with Crippen LogP contribution >= 0.6 is 15.9 Å². The molecule has 0 aliphatic rings. The molecule has 0 aromatic heterocycles. The van der Waals surface area contributed by atoms with E-state index in [1.807, 2.05) is 13.0 Å². The lowest BCUT2D eigenvalue weighted by molar-refractivity contribution is -0.384. The normalized spacial score (nSPS) is 10.6. The summed E-state index contributed by atoms with van der Waals surface area (Å²) in [6.45, 7) is 2.40. The van der Waals surface area contributed by atoms with Crippen molar-refractivity contribution < 1.29 is 14.4 Å². The van der Waals surface area contributed by atoms with Crippen LogP contribution in [0.5, 0.6) is 11.5 Å². The third-order valence-electron chi connectivity index (χ3n) is 3.00. The summed E-state index contributed by atoms with van der Waals surface area (Å²) in [6, 6.07) is 9.75. The van der Waals surface area contributed by atoms with Crippen molar-refractivity contribution >= 4 is 33.5 Å². The molecule has 24 heavy (non-hydrogen) atoms. The predicted octanol–water partition coefficient (Wildman–Crippen LogP) is 4.21. The number of nitrogens with zero attached hydrogens (tertiary/aromatic N) is 2. The summed E-state index contributed by atoms with van der Waals surface area (Å²) in [5.74, 6) is 1.21. The maximum absolute atomic E-state index is 10.8. The van der Waals surface area contributed by atoms with Gasteiger partial charge in [-0.2, -0.15) is 5.10 Å². The molecule has 0 radical (unpaired) electrons. The third kappa shape index (κ3) is 4.45. The fraction of sp³-hybridized carbons (Fsp3) is 0.188. The Bertz CT molecular complexity index is 765. The number of methoxy groups -OCH3 is 1. The molecule has 0 bridgehead atoms. The van der Waals surface area contributed by atoms with Gasteiger partial charge in [-0.15, -0.1) is 0 Å². The highest BCUT2D eigenvalue weighted by Gasteiger charge is 2.10. The largest absolute Gasteiger partial charge is 0.492 e. The number of non-ortho nitro benzene ring substituents is 1. The van der Waals surface area contributed by atoms with Crippen LogP contribution in [0.2, 0.25) is 0 Å². The quantitative estimate of drug-likeness (QED) is 0.432. The molecule has 0 heterocycles. The van der Waals surface area contributed by atoms with Gasteiger partial charge < -0.3 is 9.47 Å². The van der Waals surface area contributed by atoms with Gasteiger partial charge in [-0.25, -0.2) is 0 Å². The predicted molar refractivity (Wildman–Crippen MR) is 96.2 cm³/mol. The van der Waals surface area contributed by atoms with E-state index in [2.05, 4.69) is 26.5 Å². The van der Waals surface area contributed by atoms with Gasteiger partial charge in [0.25, 0.3) is 5.69 Å². The Hall–Kier alpha value is -2.61.